The summed E-state index contributed by atoms with van der Waals surface area (Å²) in [5, 5.41) is 7.26. The van der Waals surface area contributed by atoms with E-state index in [1.807, 2.05) is 54.6 Å². The van der Waals surface area contributed by atoms with Gasteiger partial charge in [0.1, 0.15) is 5.75 Å². The third-order valence-electron chi connectivity index (χ3n) is 5.39. The second-order valence-corrected chi connectivity index (χ2v) is 7.83. The van der Waals surface area contributed by atoms with Gasteiger partial charge in [0.05, 0.1) is 25.1 Å². The summed E-state index contributed by atoms with van der Waals surface area (Å²) in [6.45, 7) is 2.93. The Balaban J connectivity index is 1.47. The molecule has 1 atom stereocenters. The van der Waals surface area contributed by atoms with Crippen molar-refractivity contribution >= 4 is 17.4 Å². The topological polar surface area (TPSA) is 63.2 Å². The first-order valence-electron chi connectivity index (χ1n) is 10.6. The van der Waals surface area contributed by atoms with E-state index in [-0.39, 0.29) is 12.1 Å². The van der Waals surface area contributed by atoms with Crippen molar-refractivity contribution in [3.05, 3.63) is 95.6 Å². The van der Waals surface area contributed by atoms with E-state index < -0.39 is 0 Å². The Hall–Kier alpha value is -3.80. The van der Waals surface area contributed by atoms with Crippen molar-refractivity contribution in [2.24, 2.45) is 5.16 Å². The molecule has 0 aromatic heterocycles. The van der Waals surface area contributed by atoms with Crippen LogP contribution in [0.2, 0.25) is 0 Å². The molecule has 3 aromatic rings. The summed E-state index contributed by atoms with van der Waals surface area (Å²) in [4.78, 5) is 20.7. The summed E-state index contributed by atoms with van der Waals surface area (Å²) < 4.78 is 5.37. The molecule has 1 heterocycles. The number of methoxy groups -OCH3 is 1. The van der Waals surface area contributed by atoms with Gasteiger partial charge in [0.25, 0.3) is 0 Å². The molecule has 0 aliphatic carbocycles. The molecular formula is C26H27N3O3. The molecule has 32 heavy (non-hydrogen) atoms. The highest BCUT2D eigenvalue weighted by atomic mass is 16.6. The van der Waals surface area contributed by atoms with Crippen molar-refractivity contribution in [1.82, 2.24) is 4.90 Å². The number of amides is 2. The van der Waals surface area contributed by atoms with Gasteiger partial charge in [0, 0.05) is 13.0 Å². The number of carbonyl (C=O) groups excluding carboxylic acids is 1. The molecule has 3 aromatic carbocycles. The zero-order valence-electron chi connectivity index (χ0n) is 18.3. The molecule has 0 saturated heterocycles. The highest BCUT2D eigenvalue weighted by Crippen LogP contribution is 2.24. The molecular weight excluding hydrogens is 402 g/mol. The summed E-state index contributed by atoms with van der Waals surface area (Å²) in [6, 6.07) is 25.3. The predicted molar refractivity (Wildman–Crippen MR) is 126 cm³/mol. The number of para-hydroxylation sites is 2. The zero-order valence-corrected chi connectivity index (χ0v) is 18.3. The Bertz CT molecular complexity index is 1080. The first-order chi connectivity index (χ1) is 15.6. The Labute approximate surface area is 188 Å². The van der Waals surface area contributed by atoms with Crippen molar-refractivity contribution in [3.63, 3.8) is 0 Å². The van der Waals surface area contributed by atoms with Gasteiger partial charge in [-0.2, -0.15) is 0 Å². The molecule has 0 fully saturated rings. The lowest BCUT2D eigenvalue weighted by molar-refractivity contribution is 0.0608. The molecule has 0 radical (unpaired) electrons. The van der Waals surface area contributed by atoms with E-state index in [1.165, 1.54) is 5.56 Å². The Morgan fingerprint density at radius 2 is 1.78 bits per heavy atom. The van der Waals surface area contributed by atoms with Crippen LogP contribution in [0.4, 0.5) is 10.5 Å². The fourth-order valence-corrected chi connectivity index (χ4v) is 3.65. The standard InChI is InChI=1S/C26H27N3O3/c1-19-12-14-21(15-13-19)24-16-22(32-28-24)18-29(17-20-8-4-3-5-9-20)26(30)27-23-10-6-7-11-25(23)31-2/h3-15,22H,16-18H2,1-2H3,(H,27,30). The van der Waals surface area contributed by atoms with Crippen LogP contribution >= 0.6 is 0 Å². The smallest absolute Gasteiger partial charge is 0.322 e. The minimum absolute atomic E-state index is 0.210. The van der Waals surface area contributed by atoms with Crippen LogP contribution in [-0.4, -0.2) is 36.4 Å². The maximum Gasteiger partial charge on any atom is 0.322 e. The fourth-order valence-electron chi connectivity index (χ4n) is 3.65. The normalized spacial score (nSPS) is 14.9. The SMILES string of the molecule is COc1ccccc1NC(=O)N(Cc1ccccc1)CC1CC(c2ccc(C)cc2)=NO1. The average Bonchev–Trinajstić information content (AvgIpc) is 3.28. The van der Waals surface area contributed by atoms with Crippen LogP contribution in [0, 0.1) is 6.92 Å². The van der Waals surface area contributed by atoms with Gasteiger partial charge < -0.3 is 19.8 Å². The summed E-state index contributed by atoms with van der Waals surface area (Å²) in [7, 11) is 1.59. The maximum absolute atomic E-state index is 13.2. The van der Waals surface area contributed by atoms with Crippen LogP contribution in [0.1, 0.15) is 23.1 Å². The zero-order chi connectivity index (χ0) is 22.3. The van der Waals surface area contributed by atoms with Crippen LogP contribution < -0.4 is 10.1 Å². The molecule has 1 aliphatic heterocycles. The lowest BCUT2D eigenvalue weighted by Crippen LogP contribution is -2.40. The number of rotatable bonds is 7. The number of benzene rings is 3. The average molecular weight is 430 g/mol. The molecule has 1 N–H and O–H groups in total. The van der Waals surface area contributed by atoms with Gasteiger partial charge in [-0.25, -0.2) is 4.79 Å². The molecule has 0 bridgehead atoms. The highest BCUT2D eigenvalue weighted by Gasteiger charge is 2.27. The number of nitrogens with zero attached hydrogens (tertiary/aromatic N) is 2. The second kappa shape index (κ2) is 10.0. The lowest BCUT2D eigenvalue weighted by atomic mass is 10.0. The van der Waals surface area contributed by atoms with Crippen molar-refractivity contribution < 1.29 is 14.4 Å². The van der Waals surface area contributed by atoms with Gasteiger partial charge in [0.15, 0.2) is 6.10 Å². The maximum atomic E-state index is 13.2. The first-order valence-corrected chi connectivity index (χ1v) is 10.6. The molecule has 6 heteroatoms. The second-order valence-electron chi connectivity index (χ2n) is 7.83. The molecule has 164 valence electrons. The van der Waals surface area contributed by atoms with Gasteiger partial charge in [-0.3, -0.25) is 0 Å². The molecule has 1 unspecified atom stereocenters. The third-order valence-corrected chi connectivity index (χ3v) is 5.39. The van der Waals surface area contributed by atoms with E-state index in [9.17, 15) is 4.79 Å². The van der Waals surface area contributed by atoms with Crippen LogP contribution in [0.5, 0.6) is 5.75 Å². The van der Waals surface area contributed by atoms with Gasteiger partial charge in [0.2, 0.25) is 0 Å². The summed E-state index contributed by atoms with van der Waals surface area (Å²) in [5.74, 6) is 0.614. The minimum Gasteiger partial charge on any atom is -0.495 e. The number of aryl methyl sites for hydroxylation is 1. The van der Waals surface area contributed by atoms with Gasteiger partial charge >= 0.3 is 6.03 Å². The molecule has 2 amide bonds. The first kappa shape index (κ1) is 21.4. The molecule has 4 rings (SSSR count). The van der Waals surface area contributed by atoms with Gasteiger partial charge in [-0.15, -0.1) is 0 Å². The number of ether oxygens (including phenoxy) is 1. The predicted octanol–water partition coefficient (Wildman–Crippen LogP) is 5.23. The quantitative estimate of drug-likeness (QED) is 0.559. The van der Waals surface area contributed by atoms with Crippen molar-refractivity contribution in [1.29, 1.82) is 0 Å². The van der Waals surface area contributed by atoms with E-state index in [0.29, 0.717) is 30.9 Å². The summed E-state index contributed by atoms with van der Waals surface area (Å²) in [6.07, 6.45) is 0.439. The Morgan fingerprint density at radius 1 is 1.06 bits per heavy atom. The largest absolute Gasteiger partial charge is 0.495 e. The van der Waals surface area contributed by atoms with Crippen LogP contribution in [0.15, 0.2) is 84.0 Å². The Morgan fingerprint density at radius 3 is 2.53 bits per heavy atom. The summed E-state index contributed by atoms with van der Waals surface area (Å²) >= 11 is 0. The monoisotopic (exact) mass is 429 g/mol. The highest BCUT2D eigenvalue weighted by molar-refractivity contribution is 6.01. The number of carbonyl (C=O) groups is 1. The van der Waals surface area contributed by atoms with Gasteiger partial charge in [-0.05, 0) is 30.2 Å². The molecule has 6 nitrogen and oxygen atoms in total. The number of oxime groups is 1. The minimum atomic E-state index is -0.217. The number of anilines is 1. The van der Waals surface area contributed by atoms with Crippen molar-refractivity contribution in [3.8, 4) is 5.75 Å². The Kier molecular flexibility index (Phi) is 6.70. The molecule has 0 spiro atoms. The third kappa shape index (κ3) is 5.27. The number of urea groups is 1. The van der Waals surface area contributed by atoms with Gasteiger partial charge in [-0.1, -0.05) is 77.4 Å². The van der Waals surface area contributed by atoms with Crippen molar-refractivity contribution in [2.45, 2.75) is 26.0 Å². The van der Waals surface area contributed by atoms with E-state index in [2.05, 4.69) is 41.7 Å². The van der Waals surface area contributed by atoms with Crippen molar-refractivity contribution in [2.75, 3.05) is 19.0 Å². The molecule has 0 saturated carbocycles. The van der Waals surface area contributed by atoms with Crippen LogP contribution in [0.3, 0.4) is 0 Å². The molecule has 1 aliphatic rings. The van der Waals surface area contributed by atoms with Crippen LogP contribution in [0.25, 0.3) is 0 Å². The van der Waals surface area contributed by atoms with E-state index >= 15 is 0 Å². The summed E-state index contributed by atoms with van der Waals surface area (Å²) in [5.41, 5.74) is 4.82. The fraction of sp³-hybridized carbons (Fsp3) is 0.231. The van der Waals surface area contributed by atoms with E-state index in [0.717, 1.165) is 16.8 Å². The van der Waals surface area contributed by atoms with E-state index in [1.54, 1.807) is 12.0 Å². The van der Waals surface area contributed by atoms with E-state index in [4.69, 9.17) is 9.57 Å². The number of hydrogen-bond donors (Lipinski definition) is 1. The lowest BCUT2D eigenvalue weighted by Gasteiger charge is -2.25. The number of hydrogen-bond acceptors (Lipinski definition) is 4. The van der Waals surface area contributed by atoms with Crippen LogP contribution in [-0.2, 0) is 11.4 Å². The number of nitrogens with one attached hydrogen (secondary N) is 1.